The molecule has 1 aliphatic heterocycles. The van der Waals surface area contributed by atoms with Crippen LogP contribution >= 0.6 is 11.8 Å². The number of aliphatic hydroxyl groups excluding tert-OH is 4. The summed E-state index contributed by atoms with van der Waals surface area (Å²) >= 11 is 1.22. The number of ether oxygens (including phenoxy) is 1. The Bertz CT molecular complexity index is 191. The van der Waals surface area contributed by atoms with E-state index in [2.05, 4.69) is 0 Å². The van der Waals surface area contributed by atoms with Crippen LogP contribution in [-0.2, 0) is 4.74 Å². The van der Waals surface area contributed by atoms with E-state index in [1.807, 2.05) is 6.92 Å². The molecular formula is C8H16O5S. The van der Waals surface area contributed by atoms with Gasteiger partial charge in [0.1, 0.15) is 18.3 Å². The lowest BCUT2D eigenvalue weighted by molar-refractivity contribution is -0.0601. The SMILES string of the molecule is CCS[C@]1(CO)O[C@H](CO)[C@@H](O)[C@@H]1O. The summed E-state index contributed by atoms with van der Waals surface area (Å²) in [7, 11) is 0. The summed E-state index contributed by atoms with van der Waals surface area (Å²) < 4.78 is 5.28. The lowest BCUT2D eigenvalue weighted by atomic mass is 10.1. The highest BCUT2D eigenvalue weighted by atomic mass is 32.2. The van der Waals surface area contributed by atoms with Crippen LogP contribution in [0.4, 0.5) is 0 Å². The minimum absolute atomic E-state index is 0.371. The summed E-state index contributed by atoms with van der Waals surface area (Å²) in [6.07, 6.45) is -3.14. The number of hydrogen-bond donors (Lipinski definition) is 4. The maximum absolute atomic E-state index is 9.67. The third-order valence-electron chi connectivity index (χ3n) is 2.29. The summed E-state index contributed by atoms with van der Waals surface area (Å²) in [6.45, 7) is 1.10. The van der Waals surface area contributed by atoms with Crippen LogP contribution in [0, 0.1) is 0 Å². The summed E-state index contributed by atoms with van der Waals surface area (Å²) in [5, 5.41) is 37.2. The molecule has 0 spiro atoms. The molecule has 1 fully saturated rings. The van der Waals surface area contributed by atoms with Crippen molar-refractivity contribution in [3.8, 4) is 0 Å². The molecular weight excluding hydrogens is 208 g/mol. The maximum Gasteiger partial charge on any atom is 0.165 e. The molecule has 0 radical (unpaired) electrons. The smallest absolute Gasteiger partial charge is 0.165 e. The van der Waals surface area contributed by atoms with Crippen LogP contribution in [0.5, 0.6) is 0 Å². The molecule has 0 bridgehead atoms. The van der Waals surface area contributed by atoms with Gasteiger partial charge in [-0.05, 0) is 5.75 Å². The molecule has 0 aromatic carbocycles. The predicted molar refractivity (Wildman–Crippen MR) is 51.9 cm³/mol. The summed E-state index contributed by atoms with van der Waals surface area (Å²) in [4.78, 5) is -1.19. The lowest BCUT2D eigenvalue weighted by Crippen LogP contribution is -2.43. The van der Waals surface area contributed by atoms with E-state index in [1.165, 1.54) is 11.8 Å². The van der Waals surface area contributed by atoms with Gasteiger partial charge in [-0.3, -0.25) is 0 Å². The zero-order chi connectivity index (χ0) is 10.8. The van der Waals surface area contributed by atoms with E-state index >= 15 is 0 Å². The Kier molecular flexibility index (Phi) is 4.17. The fourth-order valence-electron chi connectivity index (χ4n) is 1.54. The highest BCUT2D eigenvalue weighted by Gasteiger charge is 2.53. The molecule has 5 nitrogen and oxygen atoms in total. The molecule has 84 valence electrons. The Morgan fingerprint density at radius 3 is 2.36 bits per heavy atom. The fraction of sp³-hybridized carbons (Fsp3) is 1.00. The van der Waals surface area contributed by atoms with Gasteiger partial charge in [0.05, 0.1) is 13.2 Å². The normalized spacial score (nSPS) is 43.1. The van der Waals surface area contributed by atoms with Gasteiger partial charge in [-0.15, -0.1) is 11.8 Å². The molecule has 4 atom stereocenters. The van der Waals surface area contributed by atoms with E-state index in [0.717, 1.165) is 0 Å². The van der Waals surface area contributed by atoms with Crippen molar-refractivity contribution in [3.05, 3.63) is 0 Å². The largest absolute Gasteiger partial charge is 0.394 e. The maximum atomic E-state index is 9.67. The van der Waals surface area contributed by atoms with Gasteiger partial charge in [-0.25, -0.2) is 0 Å². The molecule has 0 aromatic rings. The second-order valence-corrected chi connectivity index (χ2v) is 4.73. The Morgan fingerprint density at radius 1 is 1.36 bits per heavy atom. The van der Waals surface area contributed by atoms with Crippen molar-refractivity contribution in [2.45, 2.75) is 30.2 Å². The number of aliphatic hydroxyl groups is 4. The molecule has 4 N–H and O–H groups in total. The van der Waals surface area contributed by atoms with Crippen LogP contribution in [0.15, 0.2) is 0 Å². The summed E-state index contributed by atoms with van der Waals surface area (Å²) in [6, 6.07) is 0. The number of rotatable bonds is 4. The zero-order valence-corrected chi connectivity index (χ0v) is 8.78. The van der Waals surface area contributed by atoms with Crippen LogP contribution in [0.25, 0.3) is 0 Å². The molecule has 0 unspecified atom stereocenters. The quantitative estimate of drug-likeness (QED) is 0.467. The van der Waals surface area contributed by atoms with Gasteiger partial charge in [0, 0.05) is 0 Å². The first-order valence-electron chi connectivity index (χ1n) is 4.51. The van der Waals surface area contributed by atoms with E-state index in [1.54, 1.807) is 0 Å². The van der Waals surface area contributed by atoms with Gasteiger partial charge in [0.2, 0.25) is 0 Å². The van der Waals surface area contributed by atoms with Crippen molar-refractivity contribution in [1.29, 1.82) is 0 Å². The van der Waals surface area contributed by atoms with Crippen LogP contribution in [0.1, 0.15) is 6.92 Å². The second-order valence-electron chi connectivity index (χ2n) is 3.18. The molecule has 0 amide bonds. The summed E-state index contributed by atoms with van der Waals surface area (Å²) in [5.41, 5.74) is 0. The molecule has 1 heterocycles. The zero-order valence-electron chi connectivity index (χ0n) is 7.96. The van der Waals surface area contributed by atoms with Gasteiger partial charge in [-0.2, -0.15) is 0 Å². The van der Waals surface area contributed by atoms with Crippen LogP contribution < -0.4 is 0 Å². The summed E-state index contributed by atoms with van der Waals surface area (Å²) in [5.74, 6) is 0.641. The van der Waals surface area contributed by atoms with Crippen LogP contribution in [-0.4, -0.2) is 62.6 Å². The predicted octanol–water partition coefficient (Wildman–Crippen LogP) is -1.46. The minimum Gasteiger partial charge on any atom is -0.394 e. The molecule has 1 aliphatic rings. The molecule has 1 saturated heterocycles. The van der Waals surface area contributed by atoms with E-state index in [9.17, 15) is 10.2 Å². The van der Waals surface area contributed by atoms with Gasteiger partial charge < -0.3 is 25.2 Å². The molecule has 0 aliphatic carbocycles. The van der Waals surface area contributed by atoms with E-state index in [-0.39, 0.29) is 13.2 Å². The molecule has 0 aromatic heterocycles. The minimum atomic E-state index is -1.19. The average Bonchev–Trinajstić information content (AvgIpc) is 2.44. The Hall–Kier alpha value is 0.150. The Morgan fingerprint density at radius 2 is 2.00 bits per heavy atom. The van der Waals surface area contributed by atoms with E-state index < -0.39 is 23.2 Å². The van der Waals surface area contributed by atoms with Gasteiger partial charge in [0.25, 0.3) is 0 Å². The monoisotopic (exact) mass is 224 g/mol. The highest BCUT2D eigenvalue weighted by molar-refractivity contribution is 8.00. The van der Waals surface area contributed by atoms with Crippen molar-refractivity contribution in [2.24, 2.45) is 0 Å². The van der Waals surface area contributed by atoms with Crippen molar-refractivity contribution in [2.75, 3.05) is 19.0 Å². The van der Waals surface area contributed by atoms with Gasteiger partial charge in [-0.1, -0.05) is 6.92 Å². The van der Waals surface area contributed by atoms with Crippen LogP contribution in [0.2, 0.25) is 0 Å². The lowest BCUT2D eigenvalue weighted by Gasteiger charge is -2.28. The second kappa shape index (κ2) is 4.78. The number of thioether (sulfide) groups is 1. The van der Waals surface area contributed by atoms with Gasteiger partial charge in [0.15, 0.2) is 4.93 Å². The third kappa shape index (κ3) is 1.91. The first-order chi connectivity index (χ1) is 6.61. The van der Waals surface area contributed by atoms with Crippen molar-refractivity contribution >= 4 is 11.8 Å². The van der Waals surface area contributed by atoms with Crippen molar-refractivity contribution < 1.29 is 25.2 Å². The molecule has 14 heavy (non-hydrogen) atoms. The van der Waals surface area contributed by atoms with Crippen LogP contribution in [0.3, 0.4) is 0 Å². The van der Waals surface area contributed by atoms with Crippen molar-refractivity contribution in [3.63, 3.8) is 0 Å². The van der Waals surface area contributed by atoms with E-state index in [4.69, 9.17) is 14.9 Å². The Labute approximate surface area is 86.7 Å². The molecule has 6 heteroatoms. The van der Waals surface area contributed by atoms with Gasteiger partial charge >= 0.3 is 0 Å². The first-order valence-corrected chi connectivity index (χ1v) is 5.49. The molecule has 1 rings (SSSR count). The fourth-order valence-corrected chi connectivity index (χ4v) is 2.63. The third-order valence-corrected chi connectivity index (χ3v) is 3.54. The Balaban J connectivity index is 2.78. The van der Waals surface area contributed by atoms with E-state index in [0.29, 0.717) is 5.75 Å². The topological polar surface area (TPSA) is 90.2 Å². The van der Waals surface area contributed by atoms with Crippen molar-refractivity contribution in [1.82, 2.24) is 0 Å². The molecule has 0 saturated carbocycles. The first kappa shape index (κ1) is 12.2. The number of hydrogen-bond acceptors (Lipinski definition) is 6. The average molecular weight is 224 g/mol. The highest BCUT2D eigenvalue weighted by Crippen LogP contribution is 2.39. The standard InChI is InChI=1S/C8H16O5S/c1-2-14-8(4-10)7(12)6(11)5(3-9)13-8/h5-7,9-12H,2-4H2,1H3/t5-,6-,7+,8+/m1/s1.